The fourth-order valence-corrected chi connectivity index (χ4v) is 4.04. The van der Waals surface area contributed by atoms with Gasteiger partial charge in [0.05, 0.1) is 16.1 Å². The van der Waals surface area contributed by atoms with Gasteiger partial charge in [0.25, 0.3) is 11.8 Å². The van der Waals surface area contributed by atoms with Crippen LogP contribution in [0, 0.1) is 0 Å². The van der Waals surface area contributed by atoms with E-state index in [2.05, 4.69) is 10.2 Å². The number of imide groups is 1. The summed E-state index contributed by atoms with van der Waals surface area (Å²) in [7, 11) is 1.86. The van der Waals surface area contributed by atoms with Crippen LogP contribution in [0.2, 0.25) is 5.02 Å². The van der Waals surface area contributed by atoms with Crippen LogP contribution < -0.4 is 0 Å². The minimum atomic E-state index is -0.245. The molecule has 0 bridgehead atoms. The molecule has 3 aromatic rings. The van der Waals surface area contributed by atoms with Crippen molar-refractivity contribution in [1.29, 1.82) is 0 Å². The molecule has 1 aromatic heterocycles. The highest BCUT2D eigenvalue weighted by Crippen LogP contribution is 2.29. The van der Waals surface area contributed by atoms with Gasteiger partial charge in [0, 0.05) is 24.9 Å². The molecule has 136 valence electrons. The number of hydrogen-bond donors (Lipinski definition) is 0. The third-order valence-electron chi connectivity index (χ3n) is 4.37. The molecule has 0 saturated heterocycles. The Morgan fingerprint density at radius 1 is 0.926 bits per heavy atom. The van der Waals surface area contributed by atoms with Gasteiger partial charge in [-0.2, -0.15) is 0 Å². The third kappa shape index (κ3) is 3.13. The summed E-state index contributed by atoms with van der Waals surface area (Å²) in [6, 6.07) is 14.3. The summed E-state index contributed by atoms with van der Waals surface area (Å²) in [4.78, 5) is 26.1. The average Bonchev–Trinajstić information content (AvgIpc) is 3.15. The van der Waals surface area contributed by atoms with E-state index in [4.69, 9.17) is 11.6 Å². The molecule has 2 aromatic carbocycles. The molecule has 8 heteroatoms. The van der Waals surface area contributed by atoms with Gasteiger partial charge in [-0.05, 0) is 24.3 Å². The van der Waals surface area contributed by atoms with Gasteiger partial charge in [0.1, 0.15) is 0 Å². The lowest BCUT2D eigenvalue weighted by Gasteiger charge is -2.13. The topological polar surface area (TPSA) is 68.1 Å². The van der Waals surface area contributed by atoms with Crippen molar-refractivity contribution in [2.75, 3.05) is 12.3 Å². The van der Waals surface area contributed by atoms with Gasteiger partial charge in [0.2, 0.25) is 0 Å². The predicted octanol–water partition coefficient (Wildman–Crippen LogP) is 3.52. The number of carbonyl (C=O) groups excluding carboxylic acids is 2. The molecule has 0 fully saturated rings. The first-order chi connectivity index (χ1) is 13.1. The number of nitrogens with zero attached hydrogens (tertiary/aromatic N) is 4. The van der Waals surface area contributed by atoms with Crippen molar-refractivity contribution in [1.82, 2.24) is 19.7 Å². The zero-order valence-corrected chi connectivity index (χ0v) is 16.0. The molecule has 0 N–H and O–H groups in total. The zero-order chi connectivity index (χ0) is 19.0. The average molecular weight is 399 g/mol. The largest absolute Gasteiger partial charge is 0.305 e. The molecule has 1 aliphatic rings. The molecule has 0 saturated carbocycles. The van der Waals surface area contributed by atoms with Gasteiger partial charge in [-0.1, -0.05) is 47.6 Å². The first-order valence-electron chi connectivity index (χ1n) is 8.30. The van der Waals surface area contributed by atoms with E-state index in [1.807, 2.05) is 29.8 Å². The normalized spacial score (nSPS) is 13.3. The first kappa shape index (κ1) is 17.8. The van der Waals surface area contributed by atoms with Crippen molar-refractivity contribution >= 4 is 35.2 Å². The fourth-order valence-electron chi connectivity index (χ4n) is 2.99. The Bertz CT molecular complexity index is 1010. The van der Waals surface area contributed by atoms with E-state index in [1.165, 1.54) is 16.7 Å². The monoisotopic (exact) mass is 398 g/mol. The Morgan fingerprint density at radius 2 is 1.52 bits per heavy atom. The predicted molar refractivity (Wildman–Crippen MR) is 104 cm³/mol. The maximum atomic E-state index is 12.4. The van der Waals surface area contributed by atoms with Gasteiger partial charge in [-0.3, -0.25) is 14.5 Å². The third-order valence-corrected chi connectivity index (χ3v) is 5.70. The number of halogens is 1. The van der Waals surface area contributed by atoms with Crippen LogP contribution in [0.4, 0.5) is 0 Å². The number of fused-ring (bicyclic) bond motifs is 1. The zero-order valence-electron chi connectivity index (χ0n) is 14.4. The van der Waals surface area contributed by atoms with E-state index in [1.54, 1.807) is 30.3 Å². The van der Waals surface area contributed by atoms with Gasteiger partial charge >= 0.3 is 0 Å². The van der Waals surface area contributed by atoms with Crippen LogP contribution in [0.1, 0.15) is 20.7 Å². The van der Waals surface area contributed by atoms with E-state index in [-0.39, 0.29) is 11.8 Å². The quantitative estimate of drug-likeness (QED) is 0.486. The van der Waals surface area contributed by atoms with E-state index >= 15 is 0 Å². The molecular weight excluding hydrogens is 384 g/mol. The second-order valence-electron chi connectivity index (χ2n) is 6.00. The Balaban J connectivity index is 1.45. The van der Waals surface area contributed by atoms with Crippen molar-refractivity contribution in [3.8, 4) is 11.4 Å². The summed E-state index contributed by atoms with van der Waals surface area (Å²) in [6.45, 7) is 0.311. The second-order valence-corrected chi connectivity index (χ2v) is 7.47. The van der Waals surface area contributed by atoms with Gasteiger partial charge in [-0.15, -0.1) is 10.2 Å². The van der Waals surface area contributed by atoms with Crippen LogP contribution in [-0.4, -0.2) is 43.8 Å². The maximum Gasteiger partial charge on any atom is 0.261 e. The number of thioether (sulfide) groups is 1. The Labute approximate surface area is 165 Å². The lowest BCUT2D eigenvalue weighted by molar-refractivity contribution is 0.0664. The summed E-state index contributed by atoms with van der Waals surface area (Å²) in [5.74, 6) is 0.709. The molecule has 2 amide bonds. The van der Waals surface area contributed by atoms with Crippen LogP contribution >= 0.6 is 23.4 Å². The summed E-state index contributed by atoms with van der Waals surface area (Å²) < 4.78 is 1.86. The highest BCUT2D eigenvalue weighted by atomic mass is 35.5. The van der Waals surface area contributed by atoms with Crippen LogP contribution in [0.5, 0.6) is 0 Å². The van der Waals surface area contributed by atoms with Crippen molar-refractivity contribution in [3.05, 3.63) is 64.7 Å². The number of rotatable bonds is 5. The summed E-state index contributed by atoms with van der Waals surface area (Å²) in [6.07, 6.45) is 0. The Hall–Kier alpha value is -2.64. The lowest BCUT2D eigenvalue weighted by Crippen LogP contribution is -2.31. The molecule has 0 unspecified atom stereocenters. The lowest BCUT2D eigenvalue weighted by atomic mass is 10.1. The number of benzene rings is 2. The summed E-state index contributed by atoms with van der Waals surface area (Å²) >= 11 is 7.68. The van der Waals surface area contributed by atoms with Crippen molar-refractivity contribution in [2.45, 2.75) is 5.16 Å². The van der Waals surface area contributed by atoms with E-state index < -0.39 is 0 Å². The van der Waals surface area contributed by atoms with Crippen LogP contribution in [0.25, 0.3) is 11.4 Å². The van der Waals surface area contributed by atoms with Gasteiger partial charge < -0.3 is 4.57 Å². The molecule has 27 heavy (non-hydrogen) atoms. The molecule has 1 aliphatic heterocycles. The Kier molecular flexibility index (Phi) is 4.72. The molecule has 2 heterocycles. The van der Waals surface area contributed by atoms with Crippen molar-refractivity contribution < 1.29 is 9.59 Å². The molecule has 0 aliphatic carbocycles. The van der Waals surface area contributed by atoms with Crippen molar-refractivity contribution in [2.24, 2.45) is 7.05 Å². The molecular formula is C19H15ClN4O2S. The Morgan fingerprint density at radius 3 is 2.15 bits per heavy atom. The molecule has 4 rings (SSSR count). The van der Waals surface area contributed by atoms with Gasteiger partial charge in [0.15, 0.2) is 11.0 Å². The standard InChI is InChI=1S/C19H15ClN4O2S/c1-23-16(14-8-4-5-9-15(14)20)21-22-19(23)27-11-10-24-17(25)12-6-2-3-7-13(12)18(24)26/h2-9H,10-11H2,1H3. The fraction of sp³-hybridized carbons (Fsp3) is 0.158. The van der Waals surface area contributed by atoms with Crippen LogP contribution in [0.3, 0.4) is 0 Å². The minimum absolute atomic E-state index is 0.245. The summed E-state index contributed by atoms with van der Waals surface area (Å²) in [5, 5.41) is 9.73. The molecule has 0 spiro atoms. The molecule has 0 atom stereocenters. The van der Waals surface area contributed by atoms with E-state index in [0.717, 1.165) is 5.56 Å². The van der Waals surface area contributed by atoms with Crippen molar-refractivity contribution in [3.63, 3.8) is 0 Å². The number of hydrogen-bond acceptors (Lipinski definition) is 5. The van der Waals surface area contributed by atoms with Crippen LogP contribution in [0.15, 0.2) is 53.7 Å². The number of aromatic nitrogens is 3. The highest BCUT2D eigenvalue weighted by molar-refractivity contribution is 7.99. The van der Waals surface area contributed by atoms with E-state index in [9.17, 15) is 9.59 Å². The van der Waals surface area contributed by atoms with Crippen LogP contribution in [-0.2, 0) is 7.05 Å². The first-order valence-corrected chi connectivity index (χ1v) is 9.66. The van der Waals surface area contributed by atoms with Gasteiger partial charge in [-0.25, -0.2) is 0 Å². The highest BCUT2D eigenvalue weighted by Gasteiger charge is 2.34. The minimum Gasteiger partial charge on any atom is -0.305 e. The molecule has 6 nitrogen and oxygen atoms in total. The smallest absolute Gasteiger partial charge is 0.261 e. The number of carbonyl (C=O) groups is 2. The molecule has 0 radical (unpaired) electrons. The van der Waals surface area contributed by atoms with E-state index in [0.29, 0.717) is 39.4 Å². The summed E-state index contributed by atoms with van der Waals surface area (Å²) in [5.41, 5.74) is 1.74. The number of amides is 2. The SMILES string of the molecule is Cn1c(SCCN2C(=O)c3ccccc3C2=O)nnc1-c1ccccc1Cl. The maximum absolute atomic E-state index is 12.4. The second kappa shape index (κ2) is 7.17.